The van der Waals surface area contributed by atoms with Crippen LogP contribution in [0.1, 0.15) is 42.0 Å². The van der Waals surface area contributed by atoms with Crippen LogP contribution in [0.15, 0.2) is 40.2 Å². The third-order valence-electron chi connectivity index (χ3n) is 6.98. The van der Waals surface area contributed by atoms with Crippen LogP contribution in [0.4, 0.5) is 0 Å². The summed E-state index contributed by atoms with van der Waals surface area (Å²) in [6.45, 7) is 1.69. The first kappa shape index (κ1) is 25.1. The number of para-hydroxylation sites is 1. The number of esters is 1. The van der Waals surface area contributed by atoms with Gasteiger partial charge in [0.05, 0.1) is 41.3 Å². The molecule has 0 saturated heterocycles. The maximum atomic E-state index is 13.5. The van der Waals surface area contributed by atoms with Crippen molar-refractivity contribution in [3.63, 3.8) is 0 Å². The van der Waals surface area contributed by atoms with Crippen LogP contribution in [0.2, 0.25) is 0 Å². The minimum absolute atomic E-state index is 0.0659. The highest BCUT2D eigenvalue weighted by Gasteiger charge is 2.45. The number of pyridine rings is 2. The Morgan fingerprint density at radius 3 is 2.92 bits per heavy atom. The predicted molar refractivity (Wildman–Crippen MR) is 141 cm³/mol. The Labute approximate surface area is 216 Å². The van der Waals surface area contributed by atoms with Gasteiger partial charge in [-0.05, 0) is 37.0 Å². The molecule has 11 heteroatoms. The number of carbonyl (C=O) groups is 2. The maximum absolute atomic E-state index is 13.5. The zero-order valence-electron chi connectivity index (χ0n) is 20.5. The Morgan fingerprint density at radius 1 is 1.38 bits per heavy atom. The molecule has 10 nitrogen and oxygen atoms in total. The number of hydrazone groups is 1. The minimum Gasteiger partial charge on any atom is -0.458 e. The lowest BCUT2D eigenvalue weighted by atomic mass is 9.86. The Bertz CT molecular complexity index is 1520. The van der Waals surface area contributed by atoms with E-state index in [2.05, 4.69) is 10.5 Å². The summed E-state index contributed by atoms with van der Waals surface area (Å²) in [5, 5.41) is 16.1. The number of cyclic esters (lactones) is 1. The van der Waals surface area contributed by atoms with Gasteiger partial charge in [-0.2, -0.15) is 16.9 Å². The SMILES string of the molecule is CCC1(O)C(=O)OCc2c1cc1n(c2=O)Cc2c-1nc1ccccc1c2C=NNC(=O)C(N)CCSC. The Hall–Kier alpha value is -3.54. The summed E-state index contributed by atoms with van der Waals surface area (Å²) in [5.74, 6) is -0.381. The number of nitrogens with zero attached hydrogens (tertiary/aromatic N) is 3. The number of aromatic nitrogens is 2. The number of carbonyl (C=O) groups excluding carboxylic acids is 2. The molecule has 2 aliphatic heterocycles. The first-order valence-electron chi connectivity index (χ1n) is 12.0. The number of amides is 1. The molecule has 192 valence electrons. The van der Waals surface area contributed by atoms with E-state index in [4.69, 9.17) is 15.5 Å². The van der Waals surface area contributed by atoms with Gasteiger partial charge in [-0.25, -0.2) is 15.2 Å². The van der Waals surface area contributed by atoms with E-state index in [0.717, 1.165) is 16.7 Å². The molecule has 2 aromatic heterocycles. The van der Waals surface area contributed by atoms with Crippen LogP contribution in [0, 0.1) is 0 Å². The number of ether oxygens (including phenoxy) is 1. The van der Waals surface area contributed by atoms with Crippen molar-refractivity contribution in [1.82, 2.24) is 15.0 Å². The van der Waals surface area contributed by atoms with E-state index >= 15 is 0 Å². The second kappa shape index (κ2) is 9.73. The van der Waals surface area contributed by atoms with Gasteiger partial charge in [0.15, 0.2) is 5.60 Å². The van der Waals surface area contributed by atoms with Crippen molar-refractivity contribution < 1.29 is 19.4 Å². The summed E-state index contributed by atoms with van der Waals surface area (Å²) in [6.07, 6.45) is 4.10. The molecule has 37 heavy (non-hydrogen) atoms. The molecule has 2 aliphatic rings. The number of hydrogen-bond donors (Lipinski definition) is 3. The summed E-state index contributed by atoms with van der Waals surface area (Å²) < 4.78 is 6.71. The molecule has 0 saturated carbocycles. The average Bonchev–Trinajstić information content (AvgIpc) is 3.27. The monoisotopic (exact) mass is 521 g/mol. The standard InChI is InChI=1S/C26H27N5O5S/c1-3-26(35)18-10-21-22-16(12-31(21)24(33)17(18)13-36-25(26)34)15(14-6-4-5-7-20(14)29-22)11-28-30-23(32)19(27)8-9-37-2/h4-7,10-11,19,35H,3,8-9,12-13,27H2,1-2H3,(H,30,32). The summed E-state index contributed by atoms with van der Waals surface area (Å²) >= 11 is 1.61. The van der Waals surface area contributed by atoms with Crippen LogP contribution in [0.25, 0.3) is 22.3 Å². The molecule has 0 radical (unpaired) electrons. The molecule has 0 spiro atoms. The van der Waals surface area contributed by atoms with Gasteiger partial charge in [0.25, 0.3) is 11.5 Å². The third kappa shape index (κ3) is 4.12. The van der Waals surface area contributed by atoms with Crippen LogP contribution in [-0.2, 0) is 33.1 Å². The van der Waals surface area contributed by atoms with E-state index in [1.807, 2.05) is 30.5 Å². The highest BCUT2D eigenvalue weighted by atomic mass is 32.2. The molecule has 0 fully saturated rings. The fraction of sp³-hybridized carbons (Fsp3) is 0.346. The van der Waals surface area contributed by atoms with E-state index in [0.29, 0.717) is 28.9 Å². The smallest absolute Gasteiger partial charge is 0.343 e. The zero-order chi connectivity index (χ0) is 26.3. The van der Waals surface area contributed by atoms with Gasteiger partial charge in [-0.1, -0.05) is 25.1 Å². The topological polar surface area (TPSA) is 149 Å². The van der Waals surface area contributed by atoms with Crippen molar-refractivity contribution in [2.24, 2.45) is 10.8 Å². The van der Waals surface area contributed by atoms with Gasteiger partial charge in [-0.3, -0.25) is 9.59 Å². The lowest BCUT2D eigenvalue weighted by molar-refractivity contribution is -0.172. The minimum atomic E-state index is -1.90. The van der Waals surface area contributed by atoms with Crippen molar-refractivity contribution in [1.29, 1.82) is 0 Å². The number of benzene rings is 1. The first-order valence-corrected chi connectivity index (χ1v) is 13.4. The van der Waals surface area contributed by atoms with Gasteiger partial charge in [0.2, 0.25) is 0 Å². The maximum Gasteiger partial charge on any atom is 0.343 e. The Morgan fingerprint density at radius 2 is 2.16 bits per heavy atom. The second-order valence-electron chi connectivity index (χ2n) is 9.10. The molecule has 2 atom stereocenters. The van der Waals surface area contributed by atoms with Crippen LogP contribution < -0.4 is 16.7 Å². The molecule has 1 aromatic carbocycles. The lowest BCUT2D eigenvalue weighted by Gasteiger charge is -2.31. The summed E-state index contributed by atoms with van der Waals surface area (Å²) in [5.41, 5.74) is 9.91. The number of fused-ring (bicyclic) bond motifs is 5. The van der Waals surface area contributed by atoms with Crippen molar-refractivity contribution in [3.05, 3.63) is 62.9 Å². The van der Waals surface area contributed by atoms with Crippen molar-refractivity contribution in [2.45, 2.75) is 44.6 Å². The Kier molecular flexibility index (Phi) is 6.61. The Balaban J connectivity index is 1.61. The zero-order valence-corrected chi connectivity index (χ0v) is 21.3. The second-order valence-corrected chi connectivity index (χ2v) is 10.1. The highest BCUT2D eigenvalue weighted by molar-refractivity contribution is 7.98. The normalized spacial score (nSPS) is 18.9. The van der Waals surface area contributed by atoms with Crippen molar-refractivity contribution >= 4 is 40.8 Å². The molecule has 2 unspecified atom stereocenters. The van der Waals surface area contributed by atoms with E-state index in [-0.39, 0.29) is 42.2 Å². The van der Waals surface area contributed by atoms with Gasteiger partial charge in [-0.15, -0.1) is 0 Å². The summed E-state index contributed by atoms with van der Waals surface area (Å²) in [7, 11) is 0. The number of nitrogens with one attached hydrogen (secondary N) is 1. The van der Waals surface area contributed by atoms with Crippen molar-refractivity contribution in [3.8, 4) is 11.4 Å². The molecule has 5 rings (SSSR count). The first-order chi connectivity index (χ1) is 17.8. The number of aliphatic hydroxyl groups is 1. The molecule has 4 N–H and O–H groups in total. The molecular formula is C26H27N5O5S. The molecule has 0 bridgehead atoms. The molecule has 3 aromatic rings. The quantitative estimate of drug-likeness (QED) is 0.189. The van der Waals surface area contributed by atoms with E-state index in [9.17, 15) is 19.5 Å². The van der Waals surface area contributed by atoms with Crippen LogP contribution >= 0.6 is 11.8 Å². The number of thioether (sulfide) groups is 1. The largest absolute Gasteiger partial charge is 0.458 e. The summed E-state index contributed by atoms with van der Waals surface area (Å²) in [6, 6.07) is 8.48. The van der Waals surface area contributed by atoms with Gasteiger partial charge < -0.3 is 20.1 Å². The van der Waals surface area contributed by atoms with Crippen molar-refractivity contribution in [2.75, 3.05) is 12.0 Å². The van der Waals surface area contributed by atoms with Crippen LogP contribution in [0.3, 0.4) is 0 Å². The summed E-state index contributed by atoms with van der Waals surface area (Å²) in [4.78, 5) is 43.1. The fourth-order valence-electron chi connectivity index (χ4n) is 4.83. The fourth-order valence-corrected chi connectivity index (χ4v) is 5.32. The molecule has 1 amide bonds. The third-order valence-corrected chi connectivity index (χ3v) is 7.62. The van der Waals surface area contributed by atoms with E-state index in [1.54, 1.807) is 35.5 Å². The van der Waals surface area contributed by atoms with E-state index in [1.165, 1.54) is 0 Å². The van der Waals surface area contributed by atoms with Gasteiger partial charge >= 0.3 is 5.97 Å². The average molecular weight is 522 g/mol. The number of rotatable bonds is 7. The molecule has 0 aliphatic carbocycles. The number of nitrogens with two attached hydrogens (primary N) is 1. The van der Waals surface area contributed by atoms with Gasteiger partial charge in [0.1, 0.15) is 6.61 Å². The molecular weight excluding hydrogens is 494 g/mol. The number of hydrogen-bond acceptors (Lipinski definition) is 9. The lowest BCUT2D eigenvalue weighted by Crippen LogP contribution is -2.44. The van der Waals surface area contributed by atoms with Crippen LogP contribution in [0.5, 0.6) is 0 Å². The predicted octanol–water partition coefficient (Wildman–Crippen LogP) is 1.61. The molecule has 4 heterocycles. The van der Waals surface area contributed by atoms with E-state index < -0.39 is 17.6 Å². The van der Waals surface area contributed by atoms with Gasteiger partial charge in [0, 0.05) is 22.1 Å². The highest BCUT2D eigenvalue weighted by Crippen LogP contribution is 2.39. The van der Waals surface area contributed by atoms with Crippen LogP contribution in [-0.4, -0.2) is 50.8 Å².